The first-order valence-corrected chi connectivity index (χ1v) is 14.1. The van der Waals surface area contributed by atoms with Gasteiger partial charge in [-0.25, -0.2) is 4.68 Å². The predicted molar refractivity (Wildman–Crippen MR) is 158 cm³/mol. The van der Waals surface area contributed by atoms with Gasteiger partial charge < -0.3 is 20.7 Å². The van der Waals surface area contributed by atoms with Crippen LogP contribution in [0.1, 0.15) is 38.4 Å². The molecule has 0 radical (unpaired) electrons. The van der Waals surface area contributed by atoms with Crippen molar-refractivity contribution < 1.29 is 14.3 Å². The maximum atomic E-state index is 13.9. The second kappa shape index (κ2) is 11.2. The zero-order valence-corrected chi connectivity index (χ0v) is 23.9. The fraction of sp³-hybridized carbons (Fsp3) is 0.267. The van der Waals surface area contributed by atoms with Gasteiger partial charge in [-0.1, -0.05) is 23.2 Å². The van der Waals surface area contributed by atoms with Crippen LogP contribution in [0, 0.1) is 0 Å². The van der Waals surface area contributed by atoms with Gasteiger partial charge in [0.2, 0.25) is 5.91 Å². The summed E-state index contributed by atoms with van der Waals surface area (Å²) >= 11 is 12.8. The summed E-state index contributed by atoms with van der Waals surface area (Å²) in [6.45, 7) is 2.90. The molecule has 0 bridgehead atoms. The third-order valence-electron chi connectivity index (χ3n) is 7.56. The van der Waals surface area contributed by atoms with Crippen LogP contribution >= 0.6 is 23.2 Å². The summed E-state index contributed by atoms with van der Waals surface area (Å²) < 4.78 is 7.53. The minimum Gasteiger partial charge on any atom is -0.496 e. The number of primary amides is 1. The minimum absolute atomic E-state index is 0.0904. The highest BCUT2D eigenvalue weighted by Gasteiger charge is 2.32. The van der Waals surface area contributed by atoms with E-state index in [9.17, 15) is 9.59 Å². The third-order valence-corrected chi connectivity index (χ3v) is 8.00. The molecule has 41 heavy (non-hydrogen) atoms. The molecule has 2 aliphatic rings. The number of carbonyl (C=O) groups is 2. The van der Waals surface area contributed by atoms with Crippen molar-refractivity contribution in [1.82, 2.24) is 25.0 Å². The van der Waals surface area contributed by atoms with Crippen molar-refractivity contribution in [2.75, 3.05) is 33.3 Å². The van der Waals surface area contributed by atoms with Crippen LogP contribution in [-0.4, -0.2) is 64.8 Å². The number of hydrogen-bond donors (Lipinski definition) is 2. The van der Waals surface area contributed by atoms with Crippen LogP contribution < -0.4 is 15.8 Å². The molecule has 2 amide bonds. The van der Waals surface area contributed by atoms with Crippen molar-refractivity contribution in [1.29, 1.82) is 0 Å². The van der Waals surface area contributed by atoms with Gasteiger partial charge in [-0.3, -0.25) is 14.6 Å². The van der Waals surface area contributed by atoms with Crippen LogP contribution in [0.4, 0.5) is 0 Å². The summed E-state index contributed by atoms with van der Waals surface area (Å²) in [5.41, 5.74) is 11.9. The van der Waals surface area contributed by atoms with Crippen LogP contribution in [-0.2, 0) is 12.8 Å². The molecule has 2 aromatic carbocycles. The first kappa shape index (κ1) is 27.3. The number of methoxy groups -OCH3 is 1. The maximum Gasteiger partial charge on any atom is 0.274 e. The van der Waals surface area contributed by atoms with Gasteiger partial charge in [-0.05, 0) is 67.8 Å². The lowest BCUT2D eigenvalue weighted by Crippen LogP contribution is -2.35. The number of nitrogens with one attached hydrogen (secondary N) is 1. The van der Waals surface area contributed by atoms with Gasteiger partial charge in [-0.15, -0.1) is 0 Å². The van der Waals surface area contributed by atoms with Gasteiger partial charge in [0.1, 0.15) is 5.75 Å². The molecule has 1 saturated heterocycles. The number of nitrogens with two attached hydrogens (primary N) is 1. The summed E-state index contributed by atoms with van der Waals surface area (Å²) in [6, 6.07) is 10.9. The Morgan fingerprint density at radius 3 is 2.54 bits per heavy atom. The lowest BCUT2D eigenvalue weighted by molar-refractivity contribution is 0.0758. The Kier molecular flexibility index (Phi) is 7.42. The first-order chi connectivity index (χ1) is 19.8. The number of fused-ring (bicyclic) bond motifs is 3. The predicted octanol–water partition coefficient (Wildman–Crippen LogP) is 4.55. The van der Waals surface area contributed by atoms with Gasteiger partial charge in [0.05, 0.1) is 24.1 Å². The summed E-state index contributed by atoms with van der Waals surface area (Å²) in [7, 11) is 1.61. The summed E-state index contributed by atoms with van der Waals surface area (Å²) in [5, 5.41) is 9.19. The lowest BCUT2D eigenvalue weighted by atomic mass is 9.86. The molecule has 3 heterocycles. The van der Waals surface area contributed by atoms with E-state index in [1.165, 1.54) is 6.20 Å². The second-order valence-electron chi connectivity index (χ2n) is 10.1. The topological polar surface area (TPSA) is 115 Å². The number of amides is 2. The molecule has 0 saturated carbocycles. The fourth-order valence-corrected chi connectivity index (χ4v) is 6.12. The maximum absolute atomic E-state index is 13.9. The number of pyridine rings is 1. The molecule has 0 unspecified atom stereocenters. The first-order valence-electron chi connectivity index (χ1n) is 13.4. The van der Waals surface area contributed by atoms with E-state index < -0.39 is 5.91 Å². The number of aromatic nitrogens is 3. The van der Waals surface area contributed by atoms with Crippen LogP contribution in [0.3, 0.4) is 0 Å². The van der Waals surface area contributed by atoms with E-state index in [0.29, 0.717) is 64.2 Å². The Bertz CT molecular complexity index is 1660. The highest BCUT2D eigenvalue weighted by Crippen LogP contribution is 2.43. The quantitative estimate of drug-likeness (QED) is 0.352. The average molecular weight is 591 g/mol. The molecule has 1 fully saturated rings. The number of benzene rings is 2. The summed E-state index contributed by atoms with van der Waals surface area (Å²) in [5.74, 6) is -0.0189. The zero-order valence-electron chi connectivity index (χ0n) is 22.4. The minimum atomic E-state index is -0.568. The molecule has 11 heteroatoms. The number of halogens is 2. The standard InChI is InChI=1S/C30H28Cl2N6O3/c1-41-26-10-17-3-4-23-27(30(40)37-7-2-5-34-6-8-37)36-38(22-12-20(31)11-21(32)13-22)28(23)25(17)14-24(26)18-9-19(29(33)39)16-35-15-18/h9-16,34H,2-8H2,1H3,(H2,33,39). The number of rotatable bonds is 5. The van der Waals surface area contributed by atoms with E-state index in [2.05, 4.69) is 10.3 Å². The van der Waals surface area contributed by atoms with Crippen molar-refractivity contribution >= 4 is 35.0 Å². The van der Waals surface area contributed by atoms with E-state index in [-0.39, 0.29) is 5.91 Å². The Balaban J connectivity index is 1.57. The fourth-order valence-electron chi connectivity index (χ4n) is 5.61. The van der Waals surface area contributed by atoms with Gasteiger partial charge >= 0.3 is 0 Å². The van der Waals surface area contributed by atoms with Crippen molar-refractivity contribution in [2.24, 2.45) is 5.73 Å². The molecule has 2 aromatic heterocycles. The number of ether oxygens (including phenoxy) is 1. The molecule has 1 aliphatic heterocycles. The van der Waals surface area contributed by atoms with E-state index >= 15 is 0 Å². The summed E-state index contributed by atoms with van der Waals surface area (Å²) in [4.78, 5) is 31.9. The Morgan fingerprint density at radius 2 is 1.78 bits per heavy atom. The van der Waals surface area contributed by atoms with Gasteiger partial charge in [0.15, 0.2) is 5.69 Å². The van der Waals surface area contributed by atoms with Crippen molar-refractivity contribution in [3.05, 3.63) is 81.2 Å². The van der Waals surface area contributed by atoms with Crippen LogP contribution in [0.15, 0.2) is 48.8 Å². The largest absolute Gasteiger partial charge is 0.496 e. The van der Waals surface area contributed by atoms with Crippen molar-refractivity contribution in [3.8, 4) is 33.8 Å². The highest BCUT2D eigenvalue weighted by atomic mass is 35.5. The molecule has 1 aliphatic carbocycles. The molecule has 0 spiro atoms. The number of aryl methyl sites for hydroxylation is 1. The SMILES string of the molecule is COc1cc2c(cc1-c1cncc(C(N)=O)c1)-c1c(c(C(=O)N3CCCNCC3)nn1-c1cc(Cl)cc(Cl)c1)CC2. The smallest absolute Gasteiger partial charge is 0.274 e. The third kappa shape index (κ3) is 5.16. The van der Waals surface area contributed by atoms with Crippen LogP contribution in [0.25, 0.3) is 28.1 Å². The molecule has 3 N–H and O–H groups in total. The zero-order chi connectivity index (χ0) is 28.7. The van der Waals surface area contributed by atoms with Crippen LogP contribution in [0.5, 0.6) is 5.75 Å². The molecular formula is C30H28Cl2N6O3. The van der Waals surface area contributed by atoms with E-state index in [0.717, 1.165) is 47.5 Å². The van der Waals surface area contributed by atoms with E-state index in [4.69, 9.17) is 38.8 Å². The summed E-state index contributed by atoms with van der Waals surface area (Å²) in [6.07, 6.45) is 5.30. The van der Waals surface area contributed by atoms with Crippen LogP contribution in [0.2, 0.25) is 10.0 Å². The molecule has 9 nitrogen and oxygen atoms in total. The average Bonchev–Trinajstić information content (AvgIpc) is 3.15. The second-order valence-corrected chi connectivity index (χ2v) is 11.0. The number of carbonyl (C=O) groups excluding carboxylic acids is 2. The Morgan fingerprint density at radius 1 is 0.976 bits per heavy atom. The Labute approximate surface area is 247 Å². The van der Waals surface area contributed by atoms with Crippen molar-refractivity contribution in [2.45, 2.75) is 19.3 Å². The molecule has 6 rings (SSSR count). The molecular weight excluding hydrogens is 563 g/mol. The van der Waals surface area contributed by atoms with Gasteiger partial charge in [0, 0.05) is 64.3 Å². The normalized spacial score (nSPS) is 14.7. The monoisotopic (exact) mass is 590 g/mol. The highest BCUT2D eigenvalue weighted by molar-refractivity contribution is 6.34. The number of hydrogen-bond acceptors (Lipinski definition) is 6. The Hall–Kier alpha value is -3.92. The lowest BCUT2D eigenvalue weighted by Gasteiger charge is -2.23. The van der Waals surface area contributed by atoms with Gasteiger partial charge in [-0.2, -0.15) is 5.10 Å². The van der Waals surface area contributed by atoms with Crippen molar-refractivity contribution in [3.63, 3.8) is 0 Å². The molecule has 210 valence electrons. The number of nitrogens with zero attached hydrogens (tertiary/aromatic N) is 4. The molecule has 0 atom stereocenters. The van der Waals surface area contributed by atoms with Gasteiger partial charge in [0.25, 0.3) is 5.91 Å². The van der Waals surface area contributed by atoms with E-state index in [1.807, 2.05) is 17.0 Å². The van der Waals surface area contributed by atoms with E-state index in [1.54, 1.807) is 42.3 Å². The molecule has 4 aromatic rings.